The van der Waals surface area contributed by atoms with Crippen LogP contribution in [0.25, 0.3) is 22.3 Å². The first-order valence-electron chi connectivity index (χ1n) is 33.5. The Morgan fingerprint density at radius 1 is 0.226 bits per heavy atom. The summed E-state index contributed by atoms with van der Waals surface area (Å²) in [5.41, 5.74) is 18.6. The Bertz CT molecular complexity index is 3820. The molecule has 0 saturated heterocycles. The molecule has 0 amide bonds. The summed E-state index contributed by atoms with van der Waals surface area (Å²) in [5.74, 6) is 0. The molecule has 7 aromatic heterocycles. The number of nitrogens with zero attached hydrogens (tertiary/aromatic N) is 11. The molecule has 4 aromatic carbocycles. The fourth-order valence-electron chi connectivity index (χ4n) is 6.41. The van der Waals surface area contributed by atoms with Gasteiger partial charge < -0.3 is 0 Å². The third kappa shape index (κ3) is 31.6. The summed E-state index contributed by atoms with van der Waals surface area (Å²) in [7, 11) is 0. The van der Waals surface area contributed by atoms with E-state index < -0.39 is 0 Å². The fourth-order valence-corrected chi connectivity index (χ4v) is 6.41. The molecular formula is C73H87N11. The SMILES string of the molecule is Cc1ccc(-c2ccc(C)cc2)cc1.Cc1cccc(C)n1.Cc1cnc(C)cn1.Cc1cncc(C)n1.[2H]c1c(C)nc(C)c([2H])c1[2H].[2H]c1cc(-c2cc([2H])c(C)c([2H])c2)cc([2H])c1C.[2H]c1cc([2H])c(C)nc1C.[2H]c1nc(C)c([2H])nc1C.[2H]c1nc([2H])c(C)nc1C. The van der Waals surface area contributed by atoms with Crippen molar-refractivity contribution in [2.75, 3.05) is 0 Å². The highest BCUT2D eigenvalue weighted by atomic mass is 14.8. The van der Waals surface area contributed by atoms with Crippen molar-refractivity contribution < 1.29 is 17.8 Å². The van der Waals surface area contributed by atoms with Gasteiger partial charge in [-0.3, -0.25) is 54.8 Å². The maximum atomic E-state index is 7.79. The zero-order chi connectivity index (χ0) is 73.1. The average Bonchev–Trinajstić information content (AvgIpc) is 0.831. The molecule has 0 aliphatic heterocycles. The zero-order valence-corrected chi connectivity index (χ0v) is 52.0. The quantitative estimate of drug-likeness (QED) is 0.163. The van der Waals surface area contributed by atoms with Crippen LogP contribution in [0.3, 0.4) is 0 Å². The molecule has 7 heterocycles. The molecule has 84 heavy (non-hydrogen) atoms. The summed E-state index contributed by atoms with van der Waals surface area (Å²) in [4.78, 5) is 43.3. The molecule has 0 aliphatic rings. The van der Waals surface area contributed by atoms with Crippen molar-refractivity contribution in [1.82, 2.24) is 54.8 Å². The summed E-state index contributed by atoms with van der Waals surface area (Å²) in [6.45, 7) is 33.1. The van der Waals surface area contributed by atoms with Gasteiger partial charge in [-0.15, -0.1) is 0 Å². The van der Waals surface area contributed by atoms with Crippen molar-refractivity contribution >= 4 is 0 Å². The van der Waals surface area contributed by atoms with E-state index in [1.165, 1.54) is 28.3 Å². The molecule has 0 aliphatic carbocycles. The second-order valence-corrected chi connectivity index (χ2v) is 19.2. The van der Waals surface area contributed by atoms with Crippen LogP contribution in [0, 0.1) is 125 Å². The topological polar surface area (TPSA) is 142 Å². The van der Waals surface area contributed by atoms with Crippen LogP contribution in [0.1, 0.15) is 120 Å². The van der Waals surface area contributed by atoms with E-state index in [0.29, 0.717) is 92.9 Å². The molecule has 0 saturated carbocycles. The van der Waals surface area contributed by atoms with Crippen LogP contribution in [-0.4, -0.2) is 54.8 Å². The van der Waals surface area contributed by atoms with Gasteiger partial charge in [0.25, 0.3) is 0 Å². The van der Waals surface area contributed by atoms with Crippen molar-refractivity contribution in [3.05, 3.63) is 303 Å². The maximum absolute atomic E-state index is 7.79. The van der Waals surface area contributed by atoms with E-state index in [0.717, 1.165) is 45.3 Å². The highest BCUT2D eigenvalue weighted by Gasteiger charge is 1.97. The van der Waals surface area contributed by atoms with Crippen molar-refractivity contribution in [2.45, 2.75) is 125 Å². The molecule has 0 atom stereocenters. The summed E-state index contributed by atoms with van der Waals surface area (Å²) >= 11 is 0. The molecule has 0 N–H and O–H groups in total. The van der Waals surface area contributed by atoms with Crippen LogP contribution < -0.4 is 0 Å². The first kappa shape index (κ1) is 50.4. The van der Waals surface area contributed by atoms with Crippen molar-refractivity contribution in [3.63, 3.8) is 0 Å². The van der Waals surface area contributed by atoms with Crippen LogP contribution in [0.2, 0.25) is 0 Å². The van der Waals surface area contributed by atoms with E-state index in [2.05, 4.69) is 117 Å². The van der Waals surface area contributed by atoms with Crippen LogP contribution in [0.4, 0.5) is 0 Å². The van der Waals surface area contributed by atoms with Gasteiger partial charge in [-0.1, -0.05) is 137 Å². The van der Waals surface area contributed by atoms with Gasteiger partial charge in [0.05, 0.1) is 63.4 Å². The highest BCUT2D eigenvalue weighted by molar-refractivity contribution is 5.64. The predicted molar refractivity (Wildman–Crippen MR) is 350 cm³/mol. The lowest BCUT2D eigenvalue weighted by Crippen LogP contribution is -1.85. The van der Waals surface area contributed by atoms with Gasteiger partial charge in [0.1, 0.15) is 0 Å². The number of rotatable bonds is 2. The Labute approximate surface area is 520 Å². The normalized spacial score (nSPS) is 11.7. The third-order valence-electron chi connectivity index (χ3n) is 10.6. The van der Waals surface area contributed by atoms with Gasteiger partial charge in [-0.05, 0) is 183 Å². The largest absolute Gasteiger partial charge is 0.261 e. The zero-order valence-electron chi connectivity index (χ0n) is 65.0. The number of hydrogen-bond donors (Lipinski definition) is 0. The van der Waals surface area contributed by atoms with E-state index in [9.17, 15) is 0 Å². The van der Waals surface area contributed by atoms with E-state index in [1.807, 2.05) is 59.7 Å². The second-order valence-electron chi connectivity index (χ2n) is 19.2. The average molecular weight is 1130 g/mol. The van der Waals surface area contributed by atoms with Gasteiger partial charge in [-0.2, -0.15) is 0 Å². The lowest BCUT2D eigenvalue weighted by atomic mass is 10.0. The Morgan fingerprint density at radius 3 is 0.881 bits per heavy atom. The summed E-state index contributed by atoms with van der Waals surface area (Å²) < 4.78 is 96.4. The van der Waals surface area contributed by atoms with Gasteiger partial charge in [0.2, 0.25) is 0 Å². The molecule has 11 nitrogen and oxygen atoms in total. The van der Waals surface area contributed by atoms with Gasteiger partial charge in [-0.25, -0.2) is 0 Å². The Hall–Kier alpha value is -9.35. The summed E-state index contributed by atoms with van der Waals surface area (Å²) in [6, 6.07) is 33.5. The van der Waals surface area contributed by atoms with Crippen molar-refractivity contribution in [2.24, 2.45) is 0 Å². The Balaban J connectivity index is 0.000000288. The van der Waals surface area contributed by atoms with Crippen LogP contribution in [-0.2, 0) is 0 Å². The van der Waals surface area contributed by atoms with E-state index in [4.69, 9.17) is 17.8 Å². The highest BCUT2D eigenvalue weighted by Crippen LogP contribution is 2.21. The molecule has 0 bridgehead atoms. The number of pyridine rings is 3. The molecular weight excluding hydrogens is 1030 g/mol. The smallest absolute Gasteiger partial charge is 0.0860 e. The third-order valence-corrected chi connectivity index (χ3v) is 10.6. The number of benzene rings is 4. The van der Waals surface area contributed by atoms with Gasteiger partial charge in [0, 0.05) is 83.6 Å². The van der Waals surface area contributed by atoms with Crippen LogP contribution in [0.15, 0.2) is 201 Å². The minimum atomic E-state index is -0.0324. The number of aromatic nitrogens is 11. The van der Waals surface area contributed by atoms with E-state index in [1.54, 1.807) is 118 Å². The summed E-state index contributed by atoms with van der Waals surface area (Å²) in [5, 5.41) is 0. The van der Waals surface area contributed by atoms with Crippen LogP contribution >= 0.6 is 0 Å². The molecule has 11 heteroatoms. The maximum Gasteiger partial charge on any atom is 0.0860 e. The molecule has 0 spiro atoms. The van der Waals surface area contributed by atoms with Crippen molar-refractivity contribution in [1.29, 1.82) is 0 Å². The first-order chi connectivity index (χ1) is 45.4. The molecule has 0 radical (unpaired) electrons. The number of aryl methyl sites for hydroxylation is 16. The molecule has 0 fully saturated rings. The Kier molecular flexibility index (Phi) is 23.0. The lowest BCUT2D eigenvalue weighted by Gasteiger charge is -2.02. The second kappa shape index (κ2) is 38.4. The lowest BCUT2D eigenvalue weighted by molar-refractivity contribution is 1.05. The number of hydrogen-bond acceptors (Lipinski definition) is 11. The first-order valence-corrected chi connectivity index (χ1v) is 27.0. The van der Waals surface area contributed by atoms with Crippen molar-refractivity contribution in [3.8, 4) is 22.3 Å². The standard InChI is InChI=1S/2C14H14.3C7H9N.4C6H8N2/c2*1-11-3-7-13(8-4-11)14-9-5-12(2)6-10-14;3*1-6-4-3-5-7(2)8-6;2*1-5-3-8-6(2)4-7-5;2*1-5-3-7-4-6(2)8-5/h2*3-10H,1-2H3;3*3-5H,1-2H3;4*3-4H,1-2H3/i3D,4D,5D,6D;;3D,4D,5D;4D,5D;;3D,4D;;3D,4D;. The molecule has 11 aromatic rings. The van der Waals surface area contributed by atoms with E-state index >= 15 is 0 Å². The monoisotopic (exact) mass is 1130 g/mol. The fraction of sp³-hybridized carbons (Fsp3) is 0.247. The molecule has 0 unspecified atom stereocenters. The van der Waals surface area contributed by atoms with Crippen LogP contribution in [0.5, 0.6) is 0 Å². The van der Waals surface area contributed by atoms with E-state index in [-0.39, 0.29) is 42.8 Å². The summed E-state index contributed by atoms with van der Waals surface area (Å²) in [6.07, 6.45) is 7.51. The van der Waals surface area contributed by atoms with Gasteiger partial charge >= 0.3 is 0 Å². The Morgan fingerprint density at radius 2 is 0.560 bits per heavy atom. The molecule has 11 rings (SSSR count). The minimum Gasteiger partial charge on any atom is -0.261 e. The predicted octanol–water partition coefficient (Wildman–Crippen LogP) is 17.4. The minimum absolute atomic E-state index is 0.0324. The van der Waals surface area contributed by atoms with Gasteiger partial charge in [0.15, 0.2) is 0 Å². The molecule has 434 valence electrons.